The summed E-state index contributed by atoms with van der Waals surface area (Å²) in [7, 11) is 0. The van der Waals surface area contributed by atoms with Crippen LogP contribution < -0.4 is 11.1 Å². The maximum Gasteiger partial charge on any atom is 0.220 e. The number of carbonyl (C=O) groups is 1. The lowest BCUT2D eigenvalue weighted by Crippen LogP contribution is -2.45. The van der Waals surface area contributed by atoms with Crippen molar-refractivity contribution in [3.05, 3.63) is 0 Å². The summed E-state index contributed by atoms with van der Waals surface area (Å²) in [5.74, 6) is 0.229. The molecule has 0 radical (unpaired) electrons. The second-order valence-corrected chi connectivity index (χ2v) is 7.15. The van der Waals surface area contributed by atoms with E-state index in [-0.39, 0.29) is 11.3 Å². The number of carbonyl (C=O) groups excluding carboxylic acids is 1. The molecular weight excluding hydrogens is 244 g/mol. The van der Waals surface area contributed by atoms with Crippen LogP contribution in [0.2, 0.25) is 0 Å². The Bertz CT molecular complexity index is 278. The summed E-state index contributed by atoms with van der Waals surface area (Å²) in [5, 5.41) is 4.02. The van der Waals surface area contributed by atoms with Gasteiger partial charge in [0.1, 0.15) is 0 Å². The molecule has 0 heterocycles. The van der Waals surface area contributed by atoms with Crippen molar-refractivity contribution in [2.24, 2.45) is 11.1 Å². The van der Waals surface area contributed by atoms with Gasteiger partial charge in [0, 0.05) is 17.7 Å². The lowest BCUT2D eigenvalue weighted by atomic mass is 9.66. The second kappa shape index (κ2) is 6.29. The monoisotopic (exact) mass is 270 g/mol. The zero-order chi connectivity index (χ0) is 13.0. The summed E-state index contributed by atoms with van der Waals surface area (Å²) >= 11 is 1.96. The third kappa shape index (κ3) is 3.41. The van der Waals surface area contributed by atoms with E-state index in [1.54, 1.807) is 0 Å². The molecule has 2 aliphatic carbocycles. The smallest absolute Gasteiger partial charge is 0.220 e. The van der Waals surface area contributed by atoms with Gasteiger partial charge in [-0.05, 0) is 56.7 Å². The Morgan fingerprint density at radius 2 is 2.00 bits per heavy atom. The number of rotatable bonds is 5. The molecule has 104 valence electrons. The minimum absolute atomic E-state index is 0.139. The van der Waals surface area contributed by atoms with Gasteiger partial charge in [0.05, 0.1) is 0 Å². The molecule has 0 unspecified atom stereocenters. The van der Waals surface area contributed by atoms with E-state index in [1.807, 2.05) is 11.8 Å². The number of nitrogens with one attached hydrogen (secondary N) is 1. The number of hydrogen-bond acceptors (Lipinski definition) is 3. The molecule has 0 aromatic carbocycles. The molecule has 2 aliphatic rings. The van der Waals surface area contributed by atoms with E-state index in [4.69, 9.17) is 5.73 Å². The molecule has 0 aromatic rings. The van der Waals surface area contributed by atoms with Gasteiger partial charge < -0.3 is 11.1 Å². The maximum absolute atomic E-state index is 12.1. The van der Waals surface area contributed by atoms with Crippen LogP contribution in [0, 0.1) is 5.41 Å². The van der Waals surface area contributed by atoms with Crippen molar-refractivity contribution in [1.29, 1.82) is 0 Å². The minimum atomic E-state index is 0.139. The Labute approximate surface area is 115 Å². The molecule has 0 aromatic heterocycles. The first-order chi connectivity index (χ1) is 8.67. The van der Waals surface area contributed by atoms with Gasteiger partial charge in [-0.3, -0.25) is 4.79 Å². The summed E-state index contributed by atoms with van der Waals surface area (Å²) in [6, 6.07) is 0.413. The molecule has 18 heavy (non-hydrogen) atoms. The van der Waals surface area contributed by atoms with Gasteiger partial charge in [-0.25, -0.2) is 0 Å². The molecule has 0 aliphatic heterocycles. The summed E-state index contributed by atoms with van der Waals surface area (Å²) in [5.41, 5.74) is 5.94. The van der Waals surface area contributed by atoms with E-state index in [9.17, 15) is 4.79 Å². The first-order valence-electron chi connectivity index (χ1n) is 7.20. The number of amides is 1. The third-order valence-corrected chi connectivity index (χ3v) is 5.89. The Kier molecular flexibility index (Phi) is 4.96. The van der Waals surface area contributed by atoms with Gasteiger partial charge in [0.25, 0.3) is 0 Å². The van der Waals surface area contributed by atoms with Crippen LogP contribution in [0.1, 0.15) is 51.4 Å². The maximum atomic E-state index is 12.1. The summed E-state index contributed by atoms with van der Waals surface area (Å²) in [6.07, 6.45) is 11.1. The molecule has 0 atom stereocenters. The fourth-order valence-corrected chi connectivity index (χ4v) is 3.94. The van der Waals surface area contributed by atoms with Crippen molar-refractivity contribution in [3.8, 4) is 0 Å². The highest BCUT2D eigenvalue weighted by Gasteiger charge is 2.37. The molecule has 3 N–H and O–H groups in total. The Morgan fingerprint density at radius 1 is 1.33 bits per heavy atom. The van der Waals surface area contributed by atoms with Crippen LogP contribution in [0.15, 0.2) is 0 Å². The second-order valence-electron chi connectivity index (χ2n) is 6.01. The fourth-order valence-electron chi connectivity index (χ4n) is 3.19. The van der Waals surface area contributed by atoms with Crippen LogP contribution in [0.3, 0.4) is 0 Å². The predicted molar refractivity (Wildman–Crippen MR) is 77.7 cm³/mol. The molecule has 1 amide bonds. The van der Waals surface area contributed by atoms with Crippen molar-refractivity contribution in [1.82, 2.24) is 5.32 Å². The average molecular weight is 270 g/mol. The molecule has 4 heteroatoms. The van der Waals surface area contributed by atoms with Crippen LogP contribution in [-0.2, 0) is 4.79 Å². The first-order valence-corrected chi connectivity index (χ1v) is 8.48. The molecule has 0 bridgehead atoms. The number of hydrogen-bond donors (Lipinski definition) is 2. The van der Waals surface area contributed by atoms with Crippen molar-refractivity contribution in [2.45, 2.75) is 62.7 Å². The summed E-state index contributed by atoms with van der Waals surface area (Å²) in [6.45, 7) is 0.666. The van der Waals surface area contributed by atoms with Crippen LogP contribution >= 0.6 is 11.8 Å². The van der Waals surface area contributed by atoms with Crippen LogP contribution in [0.25, 0.3) is 0 Å². The van der Waals surface area contributed by atoms with Gasteiger partial charge in [-0.2, -0.15) is 11.8 Å². The van der Waals surface area contributed by atoms with E-state index in [0.717, 1.165) is 30.9 Å². The van der Waals surface area contributed by atoms with Gasteiger partial charge in [-0.1, -0.05) is 6.42 Å². The topological polar surface area (TPSA) is 55.1 Å². The SMILES string of the molecule is CSC1CCC(NC(=O)CC2(CN)CCC2)CC1. The Hall–Kier alpha value is -0.220. The van der Waals surface area contributed by atoms with Gasteiger partial charge in [-0.15, -0.1) is 0 Å². The quantitative estimate of drug-likeness (QED) is 0.806. The summed E-state index contributed by atoms with van der Waals surface area (Å²) in [4.78, 5) is 12.1. The highest BCUT2D eigenvalue weighted by Crippen LogP contribution is 2.42. The van der Waals surface area contributed by atoms with E-state index in [2.05, 4.69) is 11.6 Å². The molecule has 2 saturated carbocycles. The number of thioether (sulfide) groups is 1. The molecule has 0 saturated heterocycles. The summed E-state index contributed by atoms with van der Waals surface area (Å²) < 4.78 is 0. The van der Waals surface area contributed by atoms with Crippen LogP contribution in [0.5, 0.6) is 0 Å². The van der Waals surface area contributed by atoms with Crippen molar-refractivity contribution >= 4 is 17.7 Å². The number of nitrogens with two attached hydrogens (primary N) is 1. The van der Waals surface area contributed by atoms with Gasteiger partial charge in [0.15, 0.2) is 0 Å². The standard InChI is InChI=1S/C14H26N2OS/c1-18-12-5-3-11(4-6-12)16-13(17)9-14(10-15)7-2-8-14/h11-12H,2-10,15H2,1H3,(H,16,17). The molecule has 3 nitrogen and oxygen atoms in total. The van der Waals surface area contributed by atoms with E-state index >= 15 is 0 Å². The van der Waals surface area contributed by atoms with Crippen LogP contribution in [0.4, 0.5) is 0 Å². The van der Waals surface area contributed by atoms with E-state index in [1.165, 1.54) is 19.3 Å². The lowest BCUT2D eigenvalue weighted by Gasteiger charge is -2.41. The molecule has 2 fully saturated rings. The van der Waals surface area contributed by atoms with Crippen molar-refractivity contribution < 1.29 is 4.79 Å². The van der Waals surface area contributed by atoms with E-state index < -0.39 is 0 Å². The highest BCUT2D eigenvalue weighted by molar-refractivity contribution is 7.99. The van der Waals surface area contributed by atoms with Gasteiger partial charge >= 0.3 is 0 Å². The first kappa shape index (κ1) is 14.2. The lowest BCUT2D eigenvalue weighted by molar-refractivity contribution is -0.125. The zero-order valence-corrected chi connectivity index (χ0v) is 12.2. The third-order valence-electron chi connectivity index (χ3n) is 4.76. The highest BCUT2D eigenvalue weighted by atomic mass is 32.2. The van der Waals surface area contributed by atoms with E-state index in [0.29, 0.717) is 19.0 Å². The predicted octanol–water partition coefficient (Wildman–Crippen LogP) is 2.30. The normalized spacial score (nSPS) is 30.6. The molecule has 2 rings (SSSR count). The largest absolute Gasteiger partial charge is 0.353 e. The fraction of sp³-hybridized carbons (Fsp3) is 0.929. The van der Waals surface area contributed by atoms with Gasteiger partial charge in [0.2, 0.25) is 5.91 Å². The zero-order valence-electron chi connectivity index (χ0n) is 11.4. The Morgan fingerprint density at radius 3 is 2.44 bits per heavy atom. The average Bonchev–Trinajstić information content (AvgIpc) is 2.35. The molecule has 0 spiro atoms. The Balaban J connectivity index is 1.71. The van der Waals surface area contributed by atoms with Crippen molar-refractivity contribution in [2.75, 3.05) is 12.8 Å². The van der Waals surface area contributed by atoms with Crippen molar-refractivity contribution in [3.63, 3.8) is 0 Å². The molecular formula is C14H26N2OS. The van der Waals surface area contributed by atoms with Crippen LogP contribution in [-0.4, -0.2) is 30.0 Å². The minimum Gasteiger partial charge on any atom is -0.353 e.